The number of hydrogen-bond donors (Lipinski definition) is 5. The van der Waals surface area contributed by atoms with Crippen molar-refractivity contribution in [2.75, 3.05) is 12.3 Å². The van der Waals surface area contributed by atoms with Crippen molar-refractivity contribution in [1.29, 1.82) is 0 Å². The van der Waals surface area contributed by atoms with Crippen molar-refractivity contribution < 1.29 is 73.9 Å². The second-order valence-electron chi connectivity index (χ2n) is 8.64. The molecule has 3 rings (SSSR count). The maximum absolute atomic E-state index is 12.3. The Morgan fingerprint density at radius 1 is 1.12 bits per heavy atom. The highest BCUT2D eigenvalue weighted by atomic mass is 31.3. The van der Waals surface area contributed by atoms with Crippen LogP contribution in [0.25, 0.3) is 0 Å². The highest BCUT2D eigenvalue weighted by Gasteiger charge is 2.47. The van der Waals surface area contributed by atoms with Crippen molar-refractivity contribution in [1.82, 2.24) is 14.9 Å². The van der Waals surface area contributed by atoms with E-state index in [1.807, 2.05) is 0 Å². The fraction of sp³-hybridized carbons (Fsp3) is 0.421. The average Bonchev–Trinajstić information content (AvgIpc) is 3.23. The number of phosphoric ester groups is 1. The third-order valence-electron chi connectivity index (χ3n) is 5.32. The number of hydrogen-bond acceptors (Lipinski definition) is 13. The van der Waals surface area contributed by atoms with Crippen molar-refractivity contribution in [3.05, 3.63) is 58.1 Å². The molecule has 1 aliphatic heterocycles. The number of alkyl halides is 3. The lowest BCUT2D eigenvalue weighted by Gasteiger charge is -2.18. The summed E-state index contributed by atoms with van der Waals surface area (Å²) >= 11 is 0. The molecule has 24 heteroatoms. The molecule has 1 fully saturated rings. The van der Waals surface area contributed by atoms with Crippen molar-refractivity contribution in [2.24, 2.45) is 0 Å². The van der Waals surface area contributed by atoms with Gasteiger partial charge in [0.25, 0.3) is 0 Å². The minimum atomic E-state index is -5.76. The number of ether oxygens (including phenoxy) is 1. The number of aliphatic hydroxyl groups is 1. The average molecular weight is 683 g/mol. The van der Waals surface area contributed by atoms with Gasteiger partial charge in [-0.1, -0.05) is 24.3 Å². The lowest BCUT2D eigenvalue weighted by atomic mass is 10.1. The van der Waals surface area contributed by atoms with Gasteiger partial charge in [-0.3, -0.25) is 13.9 Å². The van der Waals surface area contributed by atoms with Gasteiger partial charge >= 0.3 is 41.2 Å². The van der Waals surface area contributed by atoms with Crippen LogP contribution in [0.15, 0.2) is 41.3 Å². The Balaban J connectivity index is 1.48. The van der Waals surface area contributed by atoms with E-state index in [1.54, 1.807) is 5.32 Å². The van der Waals surface area contributed by atoms with Crippen LogP contribution < -0.4 is 16.7 Å². The van der Waals surface area contributed by atoms with Crippen LogP contribution in [0.2, 0.25) is 0 Å². The van der Waals surface area contributed by atoms with E-state index >= 15 is 0 Å². The number of rotatable bonds is 13. The number of phosphoric acid groups is 2. The number of aliphatic hydroxyl groups excluding tert-OH is 1. The topological polar surface area (TPSA) is 271 Å². The summed E-state index contributed by atoms with van der Waals surface area (Å²) in [6.45, 7) is -2.06. The first kappa shape index (κ1) is 35.0. The second kappa shape index (κ2) is 13.6. The maximum atomic E-state index is 12.3. The Bertz CT molecular complexity index is 1510. The number of halogens is 3. The number of aromatic nitrogens is 2. The maximum Gasteiger partial charge on any atom is 0.643 e. The third kappa shape index (κ3) is 10.9. The molecule has 1 aromatic carbocycles. The van der Waals surface area contributed by atoms with Crippen LogP contribution >= 0.6 is 23.5 Å². The number of nitrogens with zero attached hydrogens (tertiary/aromatic N) is 2. The highest BCUT2D eigenvalue weighted by molar-refractivity contribution is 7.66. The molecule has 0 bridgehead atoms. The molecule has 4 unspecified atom stereocenters. The van der Waals surface area contributed by atoms with E-state index in [-0.39, 0.29) is 23.4 Å². The first-order valence-electron chi connectivity index (χ1n) is 11.6. The summed E-state index contributed by atoms with van der Waals surface area (Å²) in [5.74, 6) is -2.22. The Morgan fingerprint density at radius 2 is 1.74 bits per heavy atom. The zero-order chi connectivity index (χ0) is 32.2. The minimum Gasteiger partial charge on any atom is -0.390 e. The molecule has 240 valence electrons. The number of nitrogen functional groups attached to an aromatic ring is 1. The number of amides is 1. The summed E-state index contributed by atoms with van der Waals surface area (Å²) < 4.78 is 97.0. The van der Waals surface area contributed by atoms with Gasteiger partial charge in [0.2, 0.25) is 0 Å². The number of nitrogens with one attached hydrogen (secondary N) is 1. The molecule has 1 amide bonds. The van der Waals surface area contributed by atoms with Gasteiger partial charge in [-0.25, -0.2) is 18.4 Å². The number of anilines is 1. The monoisotopic (exact) mass is 683 g/mol. The van der Waals surface area contributed by atoms with Gasteiger partial charge in [-0.15, -0.1) is 4.31 Å². The Morgan fingerprint density at radius 3 is 2.35 bits per heavy atom. The summed E-state index contributed by atoms with van der Waals surface area (Å²) in [6.07, 6.45) is -7.64. The third-order valence-corrected chi connectivity index (χ3v) is 9.60. The fourth-order valence-corrected chi connectivity index (χ4v) is 6.92. The predicted molar refractivity (Wildman–Crippen MR) is 136 cm³/mol. The first-order chi connectivity index (χ1) is 19.8. The molecule has 0 spiro atoms. The van der Waals surface area contributed by atoms with Crippen molar-refractivity contribution >= 4 is 35.2 Å². The van der Waals surface area contributed by atoms with E-state index in [2.05, 4.69) is 22.7 Å². The lowest BCUT2D eigenvalue weighted by Crippen LogP contribution is -2.36. The molecule has 0 aliphatic carbocycles. The summed E-state index contributed by atoms with van der Waals surface area (Å²) in [4.78, 5) is 53.3. The molecule has 0 radical (unpaired) electrons. The minimum absolute atomic E-state index is 0.0621. The zero-order valence-corrected chi connectivity index (χ0v) is 24.1. The molecule has 18 nitrogen and oxygen atoms in total. The molecule has 1 aliphatic rings. The normalized spacial score (nSPS) is 23.2. The van der Waals surface area contributed by atoms with Crippen molar-refractivity contribution in [2.45, 2.75) is 44.2 Å². The molecule has 43 heavy (non-hydrogen) atoms. The molecule has 6 atom stereocenters. The predicted octanol–water partition coefficient (Wildman–Crippen LogP) is 0.952. The van der Waals surface area contributed by atoms with E-state index < -0.39 is 79.4 Å². The van der Waals surface area contributed by atoms with E-state index in [1.165, 1.54) is 36.5 Å². The Kier molecular flexibility index (Phi) is 11.1. The first-order valence-corrected chi connectivity index (χ1v) is 16.1. The van der Waals surface area contributed by atoms with Gasteiger partial charge < -0.3 is 35.6 Å². The van der Waals surface area contributed by atoms with Crippen LogP contribution in [0.4, 0.5) is 19.0 Å². The van der Waals surface area contributed by atoms with E-state index in [0.29, 0.717) is 0 Å². The standard InChI is InChI=1S/C19H24F3N4O14P3/c20-19(21,22)17(28)24-8-11-1-3-12(4-2-11)9-36-41(30,31)39-43(34,35)40-42(32,33)37-10-14-13(27)7-16(38-14)26-6-5-15(23)25-18(26)29/h1-6,13-14,16,27H,7-10H2,(H,24,28)(H,30,31)(H,32,33)(H,34,35)(H2,23,25,29)/p+1/t13?,14-,16-/m1/s1. The smallest absolute Gasteiger partial charge is 0.390 e. The van der Waals surface area contributed by atoms with Crippen LogP contribution in [0.3, 0.4) is 0 Å². The van der Waals surface area contributed by atoms with Gasteiger partial charge in [-0.2, -0.15) is 27.0 Å². The second-order valence-corrected chi connectivity index (χ2v) is 13.3. The molecular weight excluding hydrogens is 658 g/mol. The van der Waals surface area contributed by atoms with Gasteiger partial charge in [0, 0.05) is 19.2 Å². The Labute approximate surface area is 239 Å². The SMILES string of the molecule is Nc1ccn([C@H]2CC(O)[C@@H](COP(=O)([OH2+])OP(=O)(O)OP(=O)(O)OCc3ccc(CNC(=O)C(F)(F)F)cc3)O2)c(=O)n1. The molecule has 1 saturated heterocycles. The van der Waals surface area contributed by atoms with E-state index in [0.717, 1.165) is 4.57 Å². The van der Waals surface area contributed by atoms with Crippen LogP contribution in [0, 0.1) is 0 Å². The molecule has 8 N–H and O–H groups in total. The quantitative estimate of drug-likeness (QED) is 0.145. The zero-order valence-electron chi connectivity index (χ0n) is 21.4. The van der Waals surface area contributed by atoms with E-state index in [4.69, 9.17) is 15.4 Å². The van der Waals surface area contributed by atoms with Crippen molar-refractivity contribution in [3.8, 4) is 0 Å². The largest absolute Gasteiger partial charge is 0.643 e. The molecular formula is C19H25F3N4O14P3+. The fourth-order valence-electron chi connectivity index (χ4n) is 3.37. The van der Waals surface area contributed by atoms with Gasteiger partial charge in [0.05, 0.1) is 19.3 Å². The van der Waals surface area contributed by atoms with Crippen LogP contribution in [0.1, 0.15) is 23.8 Å². The number of nitrogens with two attached hydrogens (primary N) is 1. The molecule has 0 saturated carbocycles. The van der Waals surface area contributed by atoms with Crippen LogP contribution in [0.5, 0.6) is 0 Å². The number of carbonyl (C=O) groups is 1. The molecule has 2 heterocycles. The van der Waals surface area contributed by atoms with Gasteiger partial charge in [-0.05, 0) is 17.2 Å². The Hall–Kier alpha value is -2.51. The molecule has 1 aromatic heterocycles. The van der Waals surface area contributed by atoms with Gasteiger partial charge in [0.15, 0.2) is 0 Å². The highest BCUT2D eigenvalue weighted by Crippen LogP contribution is 2.67. The number of carbonyl (C=O) groups excluding carboxylic acids is 1. The summed E-state index contributed by atoms with van der Waals surface area (Å²) in [7, 11) is -16.4. The number of benzene rings is 1. The van der Waals surface area contributed by atoms with Crippen molar-refractivity contribution in [3.63, 3.8) is 0 Å². The van der Waals surface area contributed by atoms with Gasteiger partial charge in [0.1, 0.15) is 18.1 Å². The van der Waals surface area contributed by atoms with Crippen LogP contribution in [-0.4, -0.2) is 60.2 Å². The summed E-state index contributed by atoms with van der Waals surface area (Å²) in [5.41, 5.74) is 4.98. The summed E-state index contributed by atoms with van der Waals surface area (Å²) in [6, 6.07) is 6.27. The summed E-state index contributed by atoms with van der Waals surface area (Å²) in [5, 5.41) is 11.8. The van der Waals surface area contributed by atoms with E-state index in [9.17, 15) is 51.3 Å². The lowest BCUT2D eigenvalue weighted by molar-refractivity contribution is -0.173. The molecule has 2 aromatic rings. The van der Waals surface area contributed by atoms with Crippen LogP contribution in [-0.2, 0) is 54.0 Å².